The second kappa shape index (κ2) is 10.3. The Morgan fingerprint density at radius 1 is 1.28 bits per heavy atom. The monoisotopic (exact) mass is 437 g/mol. The number of nitrogens with one attached hydrogen (secondary N) is 2. The van der Waals surface area contributed by atoms with E-state index in [0.29, 0.717) is 11.4 Å². The van der Waals surface area contributed by atoms with Gasteiger partial charge in [0.2, 0.25) is 0 Å². The largest absolute Gasteiger partial charge is 0.370 e. The molecule has 1 heterocycles. The third-order valence-electron chi connectivity index (χ3n) is 4.25. The highest BCUT2D eigenvalue weighted by Gasteiger charge is 2.21. The average Bonchev–Trinajstić information content (AvgIpc) is 3.11. The zero-order valence-corrected chi connectivity index (χ0v) is 18.1. The van der Waals surface area contributed by atoms with Gasteiger partial charge < -0.3 is 16.8 Å². The molecule has 0 spiro atoms. The highest BCUT2D eigenvalue weighted by Crippen LogP contribution is 2.26. The number of amides is 1. The molecule has 0 aliphatic rings. The molecule has 6 N–H and O–H groups in total. The van der Waals surface area contributed by atoms with E-state index in [-0.39, 0.29) is 28.5 Å². The molecule has 1 unspecified atom stereocenters. The highest BCUT2D eigenvalue weighted by molar-refractivity contribution is 7.92. The maximum absolute atomic E-state index is 12.7. The van der Waals surface area contributed by atoms with Crippen molar-refractivity contribution in [3.05, 3.63) is 46.2 Å². The van der Waals surface area contributed by atoms with Crippen LogP contribution in [0.4, 0.5) is 5.69 Å². The fourth-order valence-corrected chi connectivity index (χ4v) is 4.72. The summed E-state index contributed by atoms with van der Waals surface area (Å²) >= 11 is 1.19. The number of benzene rings is 1. The molecule has 29 heavy (non-hydrogen) atoms. The van der Waals surface area contributed by atoms with Crippen LogP contribution in [0.1, 0.15) is 41.4 Å². The summed E-state index contributed by atoms with van der Waals surface area (Å²) in [6.45, 7) is 4.29. The average molecular weight is 438 g/mol. The number of hydrogen-bond donors (Lipinski definition) is 4. The van der Waals surface area contributed by atoms with Gasteiger partial charge in [-0.3, -0.25) is 14.5 Å². The normalized spacial score (nSPS) is 12.2. The number of carbonyl (C=O) groups excluding carboxylic acids is 1. The number of sulfonamides is 1. The Labute approximate surface area is 175 Å². The molecule has 0 aliphatic carbocycles. The Hall–Kier alpha value is -2.59. The van der Waals surface area contributed by atoms with Crippen molar-refractivity contribution in [1.82, 2.24) is 5.32 Å². The summed E-state index contributed by atoms with van der Waals surface area (Å²) in [7, 11) is -3.78. The molecule has 0 saturated carbocycles. The van der Waals surface area contributed by atoms with Gasteiger partial charge in [-0.2, -0.15) is 0 Å². The molecule has 158 valence electrons. The minimum absolute atomic E-state index is 0.0474. The van der Waals surface area contributed by atoms with Gasteiger partial charge in [0.1, 0.15) is 4.88 Å². The van der Waals surface area contributed by atoms with Crippen molar-refractivity contribution in [2.75, 3.05) is 11.3 Å². The lowest BCUT2D eigenvalue weighted by atomic mass is 10.1. The first kappa shape index (κ1) is 22.7. The van der Waals surface area contributed by atoms with Crippen LogP contribution in [0.15, 0.2) is 45.6 Å². The van der Waals surface area contributed by atoms with Gasteiger partial charge in [-0.25, -0.2) is 8.42 Å². The van der Waals surface area contributed by atoms with Gasteiger partial charge in [-0.1, -0.05) is 19.1 Å². The van der Waals surface area contributed by atoms with Crippen LogP contribution in [0.5, 0.6) is 0 Å². The predicted octanol–water partition coefficient (Wildman–Crippen LogP) is 2.42. The molecule has 2 aromatic rings. The molecule has 1 atom stereocenters. The molecule has 1 aromatic heterocycles. The molecular formula is C19H27N5O3S2. The van der Waals surface area contributed by atoms with Crippen LogP contribution in [0.2, 0.25) is 0 Å². The molecule has 0 aliphatic heterocycles. The van der Waals surface area contributed by atoms with E-state index < -0.39 is 10.0 Å². The summed E-state index contributed by atoms with van der Waals surface area (Å²) in [5, 5.41) is 4.64. The van der Waals surface area contributed by atoms with Crippen LogP contribution < -0.4 is 21.5 Å². The Morgan fingerprint density at radius 3 is 2.69 bits per heavy atom. The van der Waals surface area contributed by atoms with E-state index in [9.17, 15) is 13.2 Å². The molecule has 0 saturated heterocycles. The van der Waals surface area contributed by atoms with Crippen LogP contribution in [0, 0.1) is 6.92 Å². The smallest absolute Gasteiger partial charge is 0.263 e. The maximum Gasteiger partial charge on any atom is 0.263 e. The highest BCUT2D eigenvalue weighted by atomic mass is 32.2. The van der Waals surface area contributed by atoms with Crippen LogP contribution in [-0.4, -0.2) is 32.9 Å². The SMILES string of the molecule is CCC(CCCN=C(N)N)NC(=O)c1sccc1NS(=O)(=O)c1cccc(C)c1. The van der Waals surface area contributed by atoms with Gasteiger partial charge >= 0.3 is 0 Å². The number of anilines is 1. The first-order valence-electron chi connectivity index (χ1n) is 9.26. The number of aryl methyl sites for hydroxylation is 1. The topological polar surface area (TPSA) is 140 Å². The number of nitrogens with two attached hydrogens (primary N) is 2. The summed E-state index contributed by atoms with van der Waals surface area (Å²) in [5.41, 5.74) is 11.7. The second-order valence-electron chi connectivity index (χ2n) is 6.61. The van der Waals surface area contributed by atoms with E-state index in [1.807, 2.05) is 19.9 Å². The van der Waals surface area contributed by atoms with Crippen LogP contribution in [0.3, 0.4) is 0 Å². The zero-order chi connectivity index (χ0) is 21.4. The van der Waals surface area contributed by atoms with Gasteiger partial charge in [0.25, 0.3) is 15.9 Å². The first-order chi connectivity index (χ1) is 13.7. The summed E-state index contributed by atoms with van der Waals surface area (Å²) in [6, 6.07) is 8.13. The third kappa shape index (κ3) is 6.75. The van der Waals surface area contributed by atoms with Gasteiger partial charge in [0.15, 0.2) is 5.96 Å². The number of carbonyl (C=O) groups is 1. The Bertz CT molecular complexity index is 966. The van der Waals surface area contributed by atoms with Crippen LogP contribution >= 0.6 is 11.3 Å². The zero-order valence-electron chi connectivity index (χ0n) is 16.5. The maximum atomic E-state index is 12.7. The van der Waals surface area contributed by atoms with Gasteiger partial charge in [0.05, 0.1) is 10.6 Å². The predicted molar refractivity (Wildman–Crippen MR) is 118 cm³/mol. The minimum Gasteiger partial charge on any atom is -0.370 e. The van der Waals surface area contributed by atoms with Crippen molar-refractivity contribution < 1.29 is 13.2 Å². The van der Waals surface area contributed by atoms with E-state index >= 15 is 0 Å². The summed E-state index contributed by atoms with van der Waals surface area (Å²) < 4.78 is 27.9. The summed E-state index contributed by atoms with van der Waals surface area (Å²) in [5.74, 6) is -0.262. The van der Waals surface area contributed by atoms with Gasteiger partial charge in [-0.15, -0.1) is 11.3 Å². The molecule has 1 amide bonds. The van der Waals surface area contributed by atoms with Crippen molar-refractivity contribution in [2.45, 2.75) is 44.0 Å². The summed E-state index contributed by atoms with van der Waals surface area (Å²) in [6.07, 6.45) is 2.19. The van der Waals surface area contributed by atoms with Crippen molar-refractivity contribution in [2.24, 2.45) is 16.5 Å². The van der Waals surface area contributed by atoms with Gasteiger partial charge in [0, 0.05) is 12.6 Å². The second-order valence-corrected chi connectivity index (χ2v) is 9.21. The number of aliphatic imine (C=N–C) groups is 1. The molecule has 10 heteroatoms. The van der Waals surface area contributed by atoms with E-state index in [0.717, 1.165) is 24.8 Å². The number of guanidine groups is 1. The van der Waals surface area contributed by atoms with Gasteiger partial charge in [-0.05, 0) is 55.3 Å². The number of hydrogen-bond acceptors (Lipinski definition) is 5. The summed E-state index contributed by atoms with van der Waals surface area (Å²) in [4.78, 5) is 17.1. The van der Waals surface area contributed by atoms with Crippen molar-refractivity contribution in [1.29, 1.82) is 0 Å². The van der Waals surface area contributed by atoms with Crippen LogP contribution in [0.25, 0.3) is 0 Å². The first-order valence-corrected chi connectivity index (χ1v) is 11.6. The Morgan fingerprint density at radius 2 is 2.03 bits per heavy atom. The molecule has 1 aromatic carbocycles. The molecule has 8 nitrogen and oxygen atoms in total. The third-order valence-corrected chi connectivity index (χ3v) is 6.53. The molecule has 0 fully saturated rings. The van der Waals surface area contributed by atoms with E-state index in [4.69, 9.17) is 11.5 Å². The quantitative estimate of drug-likeness (QED) is 0.257. The lowest BCUT2D eigenvalue weighted by molar-refractivity contribution is 0.0938. The standard InChI is InChI=1S/C19H27N5O3S2/c1-3-14(7-5-10-22-19(20)21)23-18(25)17-16(9-11-28-17)24-29(26,27)15-8-4-6-13(2)12-15/h4,6,8-9,11-12,14,24H,3,5,7,10H2,1-2H3,(H,23,25)(H4,20,21,22). The van der Waals surface area contributed by atoms with E-state index in [2.05, 4.69) is 15.0 Å². The van der Waals surface area contributed by atoms with Crippen LogP contribution in [-0.2, 0) is 10.0 Å². The number of thiophene rings is 1. The Balaban J connectivity index is 2.06. The van der Waals surface area contributed by atoms with E-state index in [1.54, 1.807) is 23.6 Å². The molecule has 2 rings (SSSR count). The minimum atomic E-state index is -3.78. The fraction of sp³-hybridized carbons (Fsp3) is 0.368. The molecule has 0 radical (unpaired) electrons. The fourth-order valence-electron chi connectivity index (χ4n) is 2.73. The van der Waals surface area contributed by atoms with Crippen molar-refractivity contribution in [3.8, 4) is 0 Å². The molecular weight excluding hydrogens is 410 g/mol. The Kier molecular flexibility index (Phi) is 8.03. The lowest BCUT2D eigenvalue weighted by Crippen LogP contribution is -2.34. The van der Waals surface area contributed by atoms with E-state index in [1.165, 1.54) is 17.4 Å². The molecule has 0 bridgehead atoms. The van der Waals surface area contributed by atoms with Crippen molar-refractivity contribution >= 4 is 38.9 Å². The number of nitrogens with zero attached hydrogens (tertiary/aromatic N) is 1. The number of rotatable bonds is 10. The lowest BCUT2D eigenvalue weighted by Gasteiger charge is -2.17. The van der Waals surface area contributed by atoms with Crippen molar-refractivity contribution in [3.63, 3.8) is 0 Å².